The lowest BCUT2D eigenvalue weighted by Crippen LogP contribution is -2.27. The highest BCUT2D eigenvalue weighted by Crippen LogP contribution is 2.33. The zero-order valence-corrected chi connectivity index (χ0v) is 11.4. The van der Waals surface area contributed by atoms with Crippen molar-refractivity contribution in [3.8, 4) is 0 Å². The Bertz CT molecular complexity index is 446. The molecule has 0 fully saturated rings. The van der Waals surface area contributed by atoms with Crippen molar-refractivity contribution < 1.29 is 18.0 Å². The van der Waals surface area contributed by atoms with Gasteiger partial charge >= 0.3 is 6.18 Å². The van der Waals surface area contributed by atoms with E-state index in [0.29, 0.717) is 5.69 Å². The molecule has 1 N–H and O–H groups in total. The minimum Gasteiger partial charge on any atom is -0.324 e. The molecule has 100 valence electrons. The Morgan fingerprint density at radius 2 is 2.00 bits per heavy atom. The quantitative estimate of drug-likeness (QED) is 0.927. The van der Waals surface area contributed by atoms with Crippen molar-refractivity contribution in [2.24, 2.45) is 0 Å². The second kappa shape index (κ2) is 5.71. The highest BCUT2D eigenvalue weighted by Gasteiger charge is 2.30. The molecule has 1 amide bonds. The van der Waals surface area contributed by atoms with Crippen LogP contribution in [0.25, 0.3) is 0 Å². The summed E-state index contributed by atoms with van der Waals surface area (Å²) in [6, 6.07) is 3.09. The minimum absolute atomic E-state index is 0.160. The zero-order chi connectivity index (χ0) is 13.9. The van der Waals surface area contributed by atoms with Crippen LogP contribution in [0.4, 0.5) is 18.9 Å². The van der Waals surface area contributed by atoms with Crippen molar-refractivity contribution in [1.29, 1.82) is 0 Å². The summed E-state index contributed by atoms with van der Waals surface area (Å²) in [6.07, 6.45) is -4.39. The summed E-state index contributed by atoms with van der Waals surface area (Å²) < 4.78 is 37.5. The number of alkyl halides is 3. The number of hydrogen-bond acceptors (Lipinski definition) is 2. The van der Waals surface area contributed by atoms with E-state index in [4.69, 9.17) is 0 Å². The van der Waals surface area contributed by atoms with Crippen LogP contribution in [0.15, 0.2) is 22.7 Å². The van der Waals surface area contributed by atoms with Crippen LogP contribution in [0.2, 0.25) is 0 Å². The summed E-state index contributed by atoms with van der Waals surface area (Å²) in [7, 11) is 3.45. The molecular formula is C11H12BrF3N2O. The van der Waals surface area contributed by atoms with Crippen molar-refractivity contribution in [2.45, 2.75) is 6.18 Å². The molecule has 0 aliphatic heterocycles. The number of benzene rings is 1. The van der Waals surface area contributed by atoms with Crippen LogP contribution < -0.4 is 5.32 Å². The highest BCUT2D eigenvalue weighted by molar-refractivity contribution is 9.10. The summed E-state index contributed by atoms with van der Waals surface area (Å²) in [5.74, 6) is -0.291. The second-order valence-electron chi connectivity index (χ2n) is 3.98. The topological polar surface area (TPSA) is 32.3 Å². The summed E-state index contributed by atoms with van der Waals surface area (Å²) in [6.45, 7) is 0.160. The van der Waals surface area contributed by atoms with Crippen molar-refractivity contribution in [1.82, 2.24) is 4.90 Å². The van der Waals surface area contributed by atoms with Gasteiger partial charge in [0, 0.05) is 4.47 Å². The second-order valence-corrected chi connectivity index (χ2v) is 4.83. The van der Waals surface area contributed by atoms with Gasteiger partial charge in [0.2, 0.25) is 5.91 Å². The number of likely N-dealkylation sites (N-methyl/N-ethyl adjacent to an activating group) is 1. The van der Waals surface area contributed by atoms with Gasteiger partial charge in [0.25, 0.3) is 0 Å². The molecular weight excluding hydrogens is 313 g/mol. The van der Waals surface area contributed by atoms with Gasteiger partial charge in [-0.1, -0.05) is 0 Å². The van der Waals surface area contributed by atoms with Gasteiger partial charge in [-0.3, -0.25) is 4.79 Å². The van der Waals surface area contributed by atoms with Gasteiger partial charge in [0.1, 0.15) is 0 Å². The molecule has 3 nitrogen and oxygen atoms in total. The predicted octanol–water partition coefficient (Wildman–Crippen LogP) is 2.97. The van der Waals surface area contributed by atoms with Crippen molar-refractivity contribution in [2.75, 3.05) is 26.0 Å². The molecule has 0 saturated carbocycles. The number of carbonyl (C=O) groups excluding carboxylic acids is 1. The third-order valence-electron chi connectivity index (χ3n) is 2.03. The molecule has 0 spiro atoms. The normalized spacial score (nSPS) is 11.7. The van der Waals surface area contributed by atoms with Crippen molar-refractivity contribution in [3.05, 3.63) is 28.2 Å². The number of anilines is 1. The van der Waals surface area contributed by atoms with Crippen LogP contribution in [0.5, 0.6) is 0 Å². The van der Waals surface area contributed by atoms with Crippen molar-refractivity contribution in [3.63, 3.8) is 0 Å². The third kappa shape index (κ3) is 4.30. The summed E-state index contributed by atoms with van der Waals surface area (Å²) in [5.41, 5.74) is -0.449. The highest BCUT2D eigenvalue weighted by atomic mass is 79.9. The van der Waals surface area contributed by atoms with Gasteiger partial charge in [0.05, 0.1) is 17.8 Å². The molecule has 0 unspecified atom stereocenters. The molecule has 7 heteroatoms. The number of halogens is 4. The van der Waals surface area contributed by atoms with E-state index in [0.717, 1.165) is 12.1 Å². The molecule has 0 radical (unpaired) electrons. The fourth-order valence-electron chi connectivity index (χ4n) is 1.27. The molecule has 1 rings (SSSR count). The Morgan fingerprint density at radius 1 is 1.39 bits per heavy atom. The van der Waals surface area contributed by atoms with Crippen LogP contribution in [0, 0.1) is 0 Å². The van der Waals surface area contributed by atoms with E-state index >= 15 is 0 Å². The molecule has 1 aromatic rings. The van der Waals surface area contributed by atoms with Crippen LogP contribution in [0.1, 0.15) is 5.56 Å². The lowest BCUT2D eigenvalue weighted by Gasteiger charge is -2.13. The van der Waals surface area contributed by atoms with E-state index in [-0.39, 0.29) is 16.9 Å². The largest absolute Gasteiger partial charge is 0.416 e. The maximum atomic E-state index is 12.4. The molecule has 0 bridgehead atoms. The predicted molar refractivity (Wildman–Crippen MR) is 66.3 cm³/mol. The molecule has 0 saturated heterocycles. The molecule has 0 aliphatic rings. The average Bonchev–Trinajstić information content (AvgIpc) is 2.18. The van der Waals surface area contributed by atoms with Gasteiger partial charge in [-0.2, -0.15) is 13.2 Å². The zero-order valence-electron chi connectivity index (χ0n) is 9.81. The average molecular weight is 325 g/mol. The molecule has 0 atom stereocenters. The SMILES string of the molecule is CN(C)CC(=O)Nc1ccc(C(F)(F)F)cc1Br. The van der Waals surface area contributed by atoms with E-state index in [1.165, 1.54) is 6.07 Å². The maximum absolute atomic E-state index is 12.4. The Hall–Kier alpha value is -1.08. The van der Waals surface area contributed by atoms with Crippen LogP contribution in [-0.4, -0.2) is 31.4 Å². The summed E-state index contributed by atoms with van der Waals surface area (Å²) in [4.78, 5) is 13.1. The Labute approximate surface area is 111 Å². The van der Waals surface area contributed by atoms with Gasteiger partial charge < -0.3 is 10.2 Å². The number of carbonyl (C=O) groups is 1. The first-order valence-corrected chi connectivity index (χ1v) is 5.81. The fraction of sp³-hybridized carbons (Fsp3) is 0.364. The molecule has 0 aliphatic carbocycles. The van der Waals surface area contributed by atoms with E-state index in [9.17, 15) is 18.0 Å². The van der Waals surface area contributed by atoms with Gasteiger partial charge in [-0.25, -0.2) is 0 Å². The number of hydrogen-bond donors (Lipinski definition) is 1. The smallest absolute Gasteiger partial charge is 0.324 e. The summed E-state index contributed by atoms with van der Waals surface area (Å²) in [5, 5.41) is 2.53. The van der Waals surface area contributed by atoms with E-state index < -0.39 is 11.7 Å². The Kier molecular flexibility index (Phi) is 4.75. The lowest BCUT2D eigenvalue weighted by atomic mass is 10.2. The molecule has 18 heavy (non-hydrogen) atoms. The molecule has 0 heterocycles. The minimum atomic E-state index is -4.39. The summed E-state index contributed by atoms with van der Waals surface area (Å²) >= 11 is 3.01. The van der Waals surface area contributed by atoms with Crippen LogP contribution >= 0.6 is 15.9 Å². The Morgan fingerprint density at radius 3 is 2.44 bits per heavy atom. The van der Waals surface area contributed by atoms with Gasteiger partial charge in [-0.15, -0.1) is 0 Å². The number of nitrogens with one attached hydrogen (secondary N) is 1. The maximum Gasteiger partial charge on any atom is 0.416 e. The van der Waals surface area contributed by atoms with E-state index in [1.807, 2.05) is 0 Å². The van der Waals surface area contributed by atoms with Crippen LogP contribution in [-0.2, 0) is 11.0 Å². The Balaban J connectivity index is 2.84. The first-order valence-electron chi connectivity index (χ1n) is 5.01. The first-order chi connectivity index (χ1) is 8.20. The van der Waals surface area contributed by atoms with E-state index in [2.05, 4.69) is 21.2 Å². The van der Waals surface area contributed by atoms with Crippen LogP contribution in [0.3, 0.4) is 0 Å². The molecule has 1 aromatic carbocycles. The first kappa shape index (κ1) is 15.0. The monoisotopic (exact) mass is 324 g/mol. The third-order valence-corrected chi connectivity index (χ3v) is 2.69. The fourth-order valence-corrected chi connectivity index (χ4v) is 1.75. The van der Waals surface area contributed by atoms with Crippen molar-refractivity contribution >= 4 is 27.5 Å². The number of rotatable bonds is 3. The number of nitrogens with zero attached hydrogens (tertiary/aromatic N) is 1. The standard InChI is InChI=1S/C11H12BrF3N2O/c1-17(2)6-10(18)16-9-4-3-7(5-8(9)12)11(13,14)15/h3-5H,6H2,1-2H3,(H,16,18). The number of amides is 1. The lowest BCUT2D eigenvalue weighted by molar-refractivity contribution is -0.137. The van der Waals surface area contributed by atoms with Gasteiger partial charge in [-0.05, 0) is 48.2 Å². The van der Waals surface area contributed by atoms with E-state index in [1.54, 1.807) is 19.0 Å². The van der Waals surface area contributed by atoms with Gasteiger partial charge in [0.15, 0.2) is 0 Å². The molecule has 0 aromatic heterocycles.